The van der Waals surface area contributed by atoms with E-state index in [-0.39, 0.29) is 18.1 Å². The molecule has 1 aliphatic heterocycles. The summed E-state index contributed by atoms with van der Waals surface area (Å²) in [5.41, 5.74) is 0.727. The maximum Gasteiger partial charge on any atom is 0.342 e. The predicted molar refractivity (Wildman–Crippen MR) is 126 cm³/mol. The van der Waals surface area contributed by atoms with Crippen LogP contribution in [0.5, 0.6) is 0 Å². The molecule has 1 N–H and O–H groups in total. The minimum absolute atomic E-state index is 0.126. The molecule has 1 aromatic heterocycles. The molecule has 1 fully saturated rings. The first-order chi connectivity index (χ1) is 15.9. The van der Waals surface area contributed by atoms with Crippen molar-refractivity contribution in [2.45, 2.75) is 32.2 Å². The van der Waals surface area contributed by atoms with Crippen LogP contribution in [0.1, 0.15) is 28.8 Å². The Hall–Kier alpha value is -2.72. The van der Waals surface area contributed by atoms with Gasteiger partial charge in [-0.05, 0) is 72.9 Å². The normalized spacial score (nSPS) is 16.2. The first kappa shape index (κ1) is 23.4. The summed E-state index contributed by atoms with van der Waals surface area (Å²) in [4.78, 5) is 42.3. The first-order valence-corrected chi connectivity index (χ1v) is 11.7. The van der Waals surface area contributed by atoms with Crippen molar-refractivity contribution in [3.63, 3.8) is 0 Å². The Balaban J connectivity index is 1.65. The van der Waals surface area contributed by atoms with Crippen molar-refractivity contribution in [2.75, 3.05) is 6.54 Å². The molecule has 1 amide bonds. The Morgan fingerprint density at radius 1 is 1.09 bits per heavy atom. The van der Waals surface area contributed by atoms with Crippen molar-refractivity contribution in [3.8, 4) is 0 Å². The van der Waals surface area contributed by atoms with Crippen molar-refractivity contribution in [2.24, 2.45) is 4.99 Å². The zero-order chi connectivity index (χ0) is 23.4. The number of amides is 1. The van der Waals surface area contributed by atoms with E-state index in [2.05, 4.69) is 10.3 Å². The highest BCUT2D eigenvalue weighted by atomic mass is 35.5. The van der Waals surface area contributed by atoms with E-state index in [9.17, 15) is 14.4 Å². The Bertz CT molecular complexity index is 1270. The number of ether oxygens (including phenoxy) is 1. The number of carbonyl (C=O) groups is 2. The van der Waals surface area contributed by atoms with Crippen LogP contribution in [0.25, 0.3) is 0 Å². The topological polar surface area (TPSA) is 94.7 Å². The third kappa shape index (κ3) is 5.80. The molecule has 4 rings (SSSR count). The van der Waals surface area contributed by atoms with Crippen LogP contribution in [0, 0.1) is 0 Å². The third-order valence-corrected chi connectivity index (χ3v) is 6.56. The Morgan fingerprint density at radius 2 is 1.76 bits per heavy atom. The van der Waals surface area contributed by atoms with Gasteiger partial charge in [0.1, 0.15) is 6.04 Å². The SMILES string of the molecule is O=C(N=c1sn(Cc2ccc(Cl)cc2)c(=O)n1COC(=O)C1CCCN1)c1ccc(Cl)cc1. The smallest absolute Gasteiger partial charge is 0.342 e. The summed E-state index contributed by atoms with van der Waals surface area (Å²) in [5.74, 6) is -0.978. The monoisotopic (exact) mass is 506 g/mol. The fourth-order valence-electron chi connectivity index (χ4n) is 3.31. The summed E-state index contributed by atoms with van der Waals surface area (Å²) in [6.45, 7) is 0.658. The Kier molecular flexibility index (Phi) is 7.44. The van der Waals surface area contributed by atoms with Crippen LogP contribution >= 0.6 is 34.7 Å². The van der Waals surface area contributed by atoms with Crippen LogP contribution < -0.4 is 15.8 Å². The van der Waals surface area contributed by atoms with E-state index >= 15 is 0 Å². The molecule has 1 unspecified atom stereocenters. The minimum Gasteiger partial charge on any atom is -0.442 e. The van der Waals surface area contributed by atoms with Crippen LogP contribution in [0.15, 0.2) is 58.3 Å². The lowest BCUT2D eigenvalue weighted by Crippen LogP contribution is -2.36. The quantitative estimate of drug-likeness (QED) is 0.518. The fourth-order valence-corrected chi connectivity index (χ4v) is 4.50. The van der Waals surface area contributed by atoms with E-state index in [1.807, 2.05) is 0 Å². The predicted octanol–water partition coefficient (Wildman–Crippen LogP) is 3.06. The average Bonchev–Trinajstić information content (AvgIpc) is 3.44. The summed E-state index contributed by atoms with van der Waals surface area (Å²) in [5, 5.41) is 4.14. The molecule has 0 radical (unpaired) electrons. The summed E-state index contributed by atoms with van der Waals surface area (Å²) in [7, 11) is 0. The second-order valence-corrected chi connectivity index (χ2v) is 9.27. The Morgan fingerprint density at radius 3 is 2.39 bits per heavy atom. The van der Waals surface area contributed by atoms with Gasteiger partial charge in [-0.1, -0.05) is 35.3 Å². The van der Waals surface area contributed by atoms with Gasteiger partial charge in [-0.25, -0.2) is 13.3 Å². The van der Waals surface area contributed by atoms with Gasteiger partial charge in [-0.2, -0.15) is 4.99 Å². The van der Waals surface area contributed by atoms with Crippen LogP contribution in [-0.2, 0) is 22.8 Å². The molecule has 0 bridgehead atoms. The van der Waals surface area contributed by atoms with Crippen molar-refractivity contribution in [1.29, 1.82) is 0 Å². The van der Waals surface area contributed by atoms with Gasteiger partial charge in [0.15, 0.2) is 6.73 Å². The summed E-state index contributed by atoms with van der Waals surface area (Å²) in [6.07, 6.45) is 1.57. The van der Waals surface area contributed by atoms with E-state index in [1.165, 1.54) is 8.52 Å². The summed E-state index contributed by atoms with van der Waals surface area (Å²) in [6, 6.07) is 13.0. The van der Waals surface area contributed by atoms with Gasteiger partial charge in [0.2, 0.25) is 4.80 Å². The lowest BCUT2D eigenvalue weighted by atomic mass is 10.2. The maximum absolute atomic E-state index is 13.1. The van der Waals surface area contributed by atoms with Crippen LogP contribution in [0.3, 0.4) is 0 Å². The number of aromatic nitrogens is 2. The molecule has 33 heavy (non-hydrogen) atoms. The molecule has 2 aromatic carbocycles. The van der Waals surface area contributed by atoms with Gasteiger partial charge in [0.05, 0.1) is 6.54 Å². The number of rotatable bonds is 6. The molecule has 1 aliphatic rings. The van der Waals surface area contributed by atoms with E-state index in [0.717, 1.165) is 30.1 Å². The van der Waals surface area contributed by atoms with E-state index in [4.69, 9.17) is 27.9 Å². The third-order valence-electron chi connectivity index (χ3n) is 5.08. The molecule has 8 nitrogen and oxygen atoms in total. The van der Waals surface area contributed by atoms with Gasteiger partial charge in [0, 0.05) is 15.6 Å². The standard InChI is InChI=1S/C22H20Cl2N4O4S/c23-16-7-3-14(4-8-16)12-28-22(31)27(13-32-20(30)18-2-1-11-25-18)21(33-28)26-19(29)15-5-9-17(24)10-6-15/h3-10,18,25H,1-2,11-13H2. The molecule has 0 spiro atoms. The zero-order valence-electron chi connectivity index (χ0n) is 17.4. The second-order valence-electron chi connectivity index (χ2n) is 7.41. The molecular weight excluding hydrogens is 487 g/mol. The fraction of sp³-hybridized carbons (Fsp3) is 0.273. The molecule has 11 heteroatoms. The van der Waals surface area contributed by atoms with E-state index < -0.39 is 23.6 Å². The highest BCUT2D eigenvalue weighted by molar-refractivity contribution is 7.03. The summed E-state index contributed by atoms with van der Waals surface area (Å²) >= 11 is 12.8. The molecular formula is C22H20Cl2N4O4S. The lowest BCUT2D eigenvalue weighted by Gasteiger charge is -2.10. The van der Waals surface area contributed by atoms with Gasteiger partial charge in [-0.3, -0.25) is 9.59 Å². The molecule has 2 heterocycles. The lowest BCUT2D eigenvalue weighted by molar-refractivity contribution is -0.149. The number of halogens is 2. The van der Waals surface area contributed by atoms with Crippen molar-refractivity contribution in [1.82, 2.24) is 13.8 Å². The average molecular weight is 507 g/mol. The molecule has 0 aliphatic carbocycles. The first-order valence-electron chi connectivity index (χ1n) is 10.2. The zero-order valence-corrected chi connectivity index (χ0v) is 19.7. The van der Waals surface area contributed by atoms with Crippen LogP contribution in [0.4, 0.5) is 0 Å². The van der Waals surface area contributed by atoms with Gasteiger partial charge in [0.25, 0.3) is 5.91 Å². The number of nitrogens with zero attached hydrogens (tertiary/aromatic N) is 3. The van der Waals surface area contributed by atoms with Crippen LogP contribution in [0.2, 0.25) is 10.0 Å². The van der Waals surface area contributed by atoms with Gasteiger partial charge in [-0.15, -0.1) is 0 Å². The highest BCUT2D eigenvalue weighted by Gasteiger charge is 2.24. The van der Waals surface area contributed by atoms with Crippen molar-refractivity contribution >= 4 is 46.6 Å². The highest BCUT2D eigenvalue weighted by Crippen LogP contribution is 2.12. The minimum atomic E-state index is -0.538. The van der Waals surface area contributed by atoms with Crippen molar-refractivity contribution in [3.05, 3.63) is 85.0 Å². The molecule has 172 valence electrons. The van der Waals surface area contributed by atoms with Crippen LogP contribution in [-0.4, -0.2) is 33.0 Å². The van der Waals surface area contributed by atoms with E-state index in [0.29, 0.717) is 22.0 Å². The number of hydrogen-bond donors (Lipinski definition) is 1. The number of benzene rings is 2. The van der Waals surface area contributed by atoms with E-state index in [1.54, 1.807) is 48.5 Å². The Labute approximate surface area is 203 Å². The van der Waals surface area contributed by atoms with Gasteiger partial charge < -0.3 is 10.1 Å². The second kappa shape index (κ2) is 10.5. The molecule has 1 saturated heterocycles. The molecule has 0 saturated carbocycles. The number of nitrogens with one attached hydrogen (secondary N) is 1. The number of hydrogen-bond acceptors (Lipinski definition) is 6. The molecule has 3 aromatic rings. The summed E-state index contributed by atoms with van der Waals surface area (Å²) < 4.78 is 7.99. The molecule has 1 atom stereocenters. The maximum atomic E-state index is 13.1. The number of esters is 1. The van der Waals surface area contributed by atoms with Gasteiger partial charge >= 0.3 is 11.7 Å². The van der Waals surface area contributed by atoms with Crippen molar-refractivity contribution < 1.29 is 14.3 Å². The number of carbonyl (C=O) groups excluding carboxylic acids is 2. The largest absolute Gasteiger partial charge is 0.442 e.